The van der Waals surface area contributed by atoms with Crippen LogP contribution < -0.4 is 4.90 Å². The summed E-state index contributed by atoms with van der Waals surface area (Å²) in [5.74, 6) is -0.712. The van der Waals surface area contributed by atoms with Crippen LogP contribution in [0.5, 0.6) is 0 Å². The fraction of sp³-hybridized carbons (Fsp3) is 0.333. The number of piperazine rings is 1. The highest BCUT2D eigenvalue weighted by atomic mass is 35.5. The summed E-state index contributed by atoms with van der Waals surface area (Å²) < 4.78 is 4.67. The van der Waals surface area contributed by atoms with E-state index in [1.54, 1.807) is 12.3 Å². The van der Waals surface area contributed by atoms with Gasteiger partial charge in [0.15, 0.2) is 0 Å². The van der Waals surface area contributed by atoms with Crippen LogP contribution in [0, 0.1) is 10.1 Å². The van der Waals surface area contributed by atoms with Crippen molar-refractivity contribution in [1.82, 2.24) is 9.88 Å². The van der Waals surface area contributed by atoms with E-state index in [4.69, 9.17) is 11.6 Å². The summed E-state index contributed by atoms with van der Waals surface area (Å²) >= 11 is 5.86. The number of ether oxygens (including phenoxy) is 1. The molecule has 1 aromatic carbocycles. The molecule has 1 fully saturated rings. The highest BCUT2D eigenvalue weighted by Gasteiger charge is 2.24. The van der Waals surface area contributed by atoms with Gasteiger partial charge in [0.05, 0.1) is 22.7 Å². The largest absolute Gasteiger partial charge is 0.465 e. The smallest absolute Gasteiger partial charge is 0.344 e. The van der Waals surface area contributed by atoms with Crippen LogP contribution in [-0.4, -0.2) is 54.1 Å². The number of methoxy groups -OCH3 is 1. The molecular weight excluding hydrogens is 372 g/mol. The van der Waals surface area contributed by atoms with Crippen LogP contribution in [-0.2, 0) is 11.3 Å². The lowest BCUT2D eigenvalue weighted by Gasteiger charge is -2.36. The number of carbonyl (C=O) groups excluding carboxylic acids is 1. The van der Waals surface area contributed by atoms with Crippen LogP contribution in [0.2, 0.25) is 5.02 Å². The molecule has 2 heterocycles. The molecule has 1 saturated heterocycles. The fourth-order valence-corrected chi connectivity index (χ4v) is 3.16. The zero-order chi connectivity index (χ0) is 19.4. The second kappa shape index (κ2) is 8.32. The van der Waals surface area contributed by atoms with Gasteiger partial charge in [-0.25, -0.2) is 4.79 Å². The first-order valence-electron chi connectivity index (χ1n) is 8.42. The van der Waals surface area contributed by atoms with Crippen LogP contribution in [0.15, 0.2) is 36.5 Å². The van der Waals surface area contributed by atoms with Gasteiger partial charge in [0.1, 0.15) is 5.56 Å². The van der Waals surface area contributed by atoms with Crippen LogP contribution in [0.1, 0.15) is 16.1 Å². The number of pyridine rings is 1. The molecule has 0 radical (unpaired) electrons. The molecule has 1 aromatic heterocycles. The van der Waals surface area contributed by atoms with Gasteiger partial charge >= 0.3 is 5.97 Å². The van der Waals surface area contributed by atoms with Gasteiger partial charge < -0.3 is 9.64 Å². The molecule has 9 heteroatoms. The Bertz CT molecular complexity index is 836. The van der Waals surface area contributed by atoms with Crippen molar-refractivity contribution in [3.05, 3.63) is 62.9 Å². The molecule has 2 aromatic rings. The Labute approximate surface area is 161 Å². The van der Waals surface area contributed by atoms with Gasteiger partial charge in [0, 0.05) is 50.7 Å². The molecule has 0 atom stereocenters. The van der Waals surface area contributed by atoms with Gasteiger partial charge in [-0.15, -0.1) is 0 Å². The van der Waals surface area contributed by atoms with Crippen LogP contribution >= 0.6 is 11.6 Å². The number of rotatable bonds is 5. The van der Waals surface area contributed by atoms with Crippen molar-refractivity contribution in [1.29, 1.82) is 0 Å². The number of anilines is 1. The van der Waals surface area contributed by atoms with E-state index in [0.29, 0.717) is 5.02 Å². The molecule has 8 nitrogen and oxygen atoms in total. The van der Waals surface area contributed by atoms with Gasteiger partial charge in [0.25, 0.3) is 5.69 Å². The van der Waals surface area contributed by atoms with Crippen LogP contribution in [0.4, 0.5) is 11.4 Å². The molecule has 0 amide bonds. The minimum absolute atomic E-state index is 0.0345. The lowest BCUT2D eigenvalue weighted by atomic mass is 10.1. The Hall–Kier alpha value is -2.71. The molecule has 3 rings (SSSR count). The minimum atomic E-state index is -0.712. The number of esters is 1. The maximum Gasteiger partial charge on any atom is 0.344 e. The molecule has 0 saturated carbocycles. The molecule has 1 aliphatic heterocycles. The van der Waals surface area contributed by atoms with Crippen molar-refractivity contribution in [3.8, 4) is 0 Å². The average molecular weight is 391 g/mol. The molecule has 142 valence electrons. The van der Waals surface area contributed by atoms with Gasteiger partial charge in [0.2, 0.25) is 0 Å². The Kier molecular flexibility index (Phi) is 5.88. The first-order valence-corrected chi connectivity index (χ1v) is 8.80. The van der Waals surface area contributed by atoms with E-state index in [2.05, 4.69) is 19.5 Å². The number of nitro groups is 1. The van der Waals surface area contributed by atoms with E-state index in [1.165, 1.54) is 19.2 Å². The number of benzene rings is 1. The van der Waals surface area contributed by atoms with E-state index < -0.39 is 10.9 Å². The van der Waals surface area contributed by atoms with Crippen molar-refractivity contribution in [3.63, 3.8) is 0 Å². The Balaban J connectivity index is 1.67. The van der Waals surface area contributed by atoms with E-state index in [1.807, 2.05) is 12.1 Å². The van der Waals surface area contributed by atoms with Crippen molar-refractivity contribution >= 4 is 28.9 Å². The third-order valence-electron chi connectivity index (χ3n) is 4.49. The third-order valence-corrected chi connectivity index (χ3v) is 4.72. The number of carbonyl (C=O) groups is 1. The summed E-state index contributed by atoms with van der Waals surface area (Å²) in [5.41, 5.74) is 1.44. The van der Waals surface area contributed by atoms with Gasteiger partial charge in [-0.2, -0.15) is 0 Å². The normalized spacial score (nSPS) is 14.8. The third kappa shape index (κ3) is 4.53. The first-order chi connectivity index (χ1) is 13.0. The molecule has 1 aliphatic rings. The number of halogens is 1. The molecular formula is C18H19ClN4O4. The highest BCUT2D eigenvalue weighted by molar-refractivity contribution is 6.30. The second-order valence-electron chi connectivity index (χ2n) is 6.18. The predicted molar refractivity (Wildman–Crippen MR) is 101 cm³/mol. The molecule has 0 spiro atoms. The summed E-state index contributed by atoms with van der Waals surface area (Å²) in [4.78, 5) is 31.1. The van der Waals surface area contributed by atoms with Gasteiger partial charge in [-0.1, -0.05) is 11.6 Å². The molecule has 0 aliphatic carbocycles. The highest BCUT2D eigenvalue weighted by Crippen LogP contribution is 2.26. The zero-order valence-corrected chi connectivity index (χ0v) is 15.6. The molecule has 0 bridgehead atoms. The second-order valence-corrected chi connectivity index (χ2v) is 6.62. The zero-order valence-electron chi connectivity index (χ0n) is 14.8. The maximum atomic E-state index is 11.9. The van der Waals surface area contributed by atoms with Crippen molar-refractivity contribution in [2.75, 3.05) is 38.2 Å². The number of nitrogens with zero attached hydrogens (tertiary/aromatic N) is 4. The summed E-state index contributed by atoms with van der Waals surface area (Å²) in [6, 6.07) is 8.28. The van der Waals surface area contributed by atoms with Gasteiger partial charge in [-0.3, -0.25) is 20.0 Å². The van der Waals surface area contributed by atoms with E-state index in [0.717, 1.165) is 44.1 Å². The van der Waals surface area contributed by atoms with Crippen molar-refractivity contribution in [2.24, 2.45) is 0 Å². The minimum Gasteiger partial charge on any atom is -0.465 e. The fourth-order valence-electron chi connectivity index (χ4n) is 3.05. The summed E-state index contributed by atoms with van der Waals surface area (Å²) in [7, 11) is 1.21. The number of hydrogen-bond acceptors (Lipinski definition) is 7. The quantitative estimate of drug-likeness (QED) is 0.440. The van der Waals surface area contributed by atoms with Crippen molar-refractivity contribution in [2.45, 2.75) is 6.54 Å². The summed E-state index contributed by atoms with van der Waals surface area (Å²) in [6.07, 6.45) is 1.64. The SMILES string of the molecule is COC(=O)c1cc(N2CCN(Cc3ccc(Cl)cn3)CC2)ccc1[N+](=O)[O-]. The van der Waals surface area contributed by atoms with Crippen molar-refractivity contribution < 1.29 is 14.5 Å². The Morgan fingerprint density at radius 2 is 2.00 bits per heavy atom. The lowest BCUT2D eigenvalue weighted by molar-refractivity contribution is -0.385. The predicted octanol–water partition coefficient (Wildman–Crippen LogP) is 2.75. The van der Waals surface area contributed by atoms with Gasteiger partial charge in [-0.05, 0) is 24.3 Å². The average Bonchev–Trinajstić information content (AvgIpc) is 2.69. The number of aromatic nitrogens is 1. The summed E-state index contributed by atoms with van der Waals surface area (Å²) in [5, 5.41) is 11.7. The van der Waals surface area contributed by atoms with E-state index >= 15 is 0 Å². The molecule has 27 heavy (non-hydrogen) atoms. The monoisotopic (exact) mass is 390 g/mol. The van der Waals surface area contributed by atoms with Crippen LogP contribution in [0.3, 0.4) is 0 Å². The topological polar surface area (TPSA) is 88.8 Å². The number of hydrogen-bond donors (Lipinski definition) is 0. The Morgan fingerprint density at radius 3 is 2.59 bits per heavy atom. The maximum absolute atomic E-state index is 11.9. The molecule has 0 N–H and O–H groups in total. The van der Waals surface area contributed by atoms with E-state index in [-0.39, 0.29) is 11.3 Å². The van der Waals surface area contributed by atoms with E-state index in [9.17, 15) is 14.9 Å². The standard InChI is InChI=1S/C18H19ClN4O4/c1-27-18(24)16-10-15(4-5-17(16)23(25)26)22-8-6-21(7-9-22)12-14-3-2-13(19)11-20-14/h2-5,10-11H,6-9,12H2,1H3. The lowest BCUT2D eigenvalue weighted by Crippen LogP contribution is -2.46. The summed E-state index contributed by atoms with van der Waals surface area (Å²) in [6.45, 7) is 3.85. The number of nitro benzene ring substituents is 1. The molecule has 0 unspecified atom stereocenters. The van der Waals surface area contributed by atoms with Crippen LogP contribution in [0.25, 0.3) is 0 Å². The Morgan fingerprint density at radius 1 is 1.26 bits per heavy atom. The first kappa shape index (κ1) is 19.1.